The Hall–Kier alpha value is -6.46. The predicted molar refractivity (Wildman–Crippen MR) is 239 cm³/mol. The summed E-state index contributed by atoms with van der Waals surface area (Å²) in [6, 6.07) is 58.6. The number of benzene rings is 7. The summed E-state index contributed by atoms with van der Waals surface area (Å²) in [6.07, 6.45) is 1.70. The number of hydrogen-bond donors (Lipinski definition) is 0. The number of aromatic nitrogens is 2. The Bertz CT molecular complexity index is 3020. The van der Waals surface area contributed by atoms with E-state index in [1.165, 1.54) is 39.9 Å². The molecule has 0 bridgehead atoms. The summed E-state index contributed by atoms with van der Waals surface area (Å²) in [7, 11) is 0. The van der Waals surface area contributed by atoms with Crippen LogP contribution in [0.4, 0.5) is 4.39 Å². The molecule has 0 saturated carbocycles. The molecular formula is C54H41FIrN2O2-2. The van der Waals surface area contributed by atoms with E-state index < -0.39 is 0 Å². The molecule has 4 nitrogen and oxygen atoms in total. The van der Waals surface area contributed by atoms with Crippen LogP contribution in [0.1, 0.15) is 50.7 Å². The largest absolute Gasteiger partial charge is 0.500 e. The quantitative estimate of drug-likeness (QED) is 0.149. The number of halogens is 1. The molecule has 7 aromatic carbocycles. The molecule has 0 unspecified atom stereocenters. The molecule has 10 rings (SSSR count). The van der Waals surface area contributed by atoms with Crippen molar-refractivity contribution < 1.29 is 33.3 Å². The summed E-state index contributed by atoms with van der Waals surface area (Å²) in [5.74, 6) is 0.854. The van der Waals surface area contributed by atoms with E-state index in [0.29, 0.717) is 17.7 Å². The van der Waals surface area contributed by atoms with Crippen molar-refractivity contribution in [2.24, 2.45) is 0 Å². The third-order valence-corrected chi connectivity index (χ3v) is 10.7. The van der Waals surface area contributed by atoms with Crippen LogP contribution in [-0.4, -0.2) is 9.97 Å². The maximum absolute atomic E-state index is 12.6. The fourth-order valence-electron chi connectivity index (χ4n) is 7.76. The molecule has 297 valence electrons. The minimum absolute atomic E-state index is 0. The topological polar surface area (TPSA) is 52.1 Å². The van der Waals surface area contributed by atoms with E-state index in [1.54, 1.807) is 12.3 Å². The molecule has 1 radical (unpaired) electrons. The summed E-state index contributed by atoms with van der Waals surface area (Å²) in [5, 5.41) is 2.08. The van der Waals surface area contributed by atoms with Gasteiger partial charge in [0, 0.05) is 43.1 Å². The number of rotatable bonds is 7. The van der Waals surface area contributed by atoms with Gasteiger partial charge in [-0.3, -0.25) is 9.37 Å². The molecule has 0 N–H and O–H groups in total. The molecule has 0 aliphatic carbocycles. The average Bonchev–Trinajstić information content (AvgIpc) is 3.89. The molecule has 3 heterocycles. The van der Waals surface area contributed by atoms with E-state index in [2.05, 4.69) is 148 Å². The first-order valence-corrected chi connectivity index (χ1v) is 20.0. The fraction of sp³-hybridized carbons (Fsp3) is 0.111. The Morgan fingerprint density at radius 2 is 1.28 bits per heavy atom. The zero-order valence-corrected chi connectivity index (χ0v) is 36.1. The first-order chi connectivity index (χ1) is 28.8. The maximum Gasteiger partial charge on any atom is 0.149 e. The second-order valence-corrected chi connectivity index (χ2v) is 15.3. The van der Waals surface area contributed by atoms with Gasteiger partial charge in [-0.1, -0.05) is 142 Å². The molecule has 0 spiro atoms. The summed E-state index contributed by atoms with van der Waals surface area (Å²) < 4.78 is 25.8. The molecular weight excluding hydrogens is 920 g/mol. The van der Waals surface area contributed by atoms with Crippen molar-refractivity contribution in [1.29, 1.82) is 0 Å². The number of para-hydroxylation sites is 1. The third kappa shape index (κ3) is 7.97. The van der Waals surface area contributed by atoms with Crippen LogP contribution in [0.25, 0.3) is 89.1 Å². The summed E-state index contributed by atoms with van der Waals surface area (Å²) in [4.78, 5) is 9.14. The minimum atomic E-state index is -0.278. The molecule has 60 heavy (non-hydrogen) atoms. The second kappa shape index (κ2) is 17.4. The smallest absolute Gasteiger partial charge is 0.149 e. The predicted octanol–water partition coefficient (Wildman–Crippen LogP) is 15.1. The van der Waals surface area contributed by atoms with Gasteiger partial charge in [-0.25, -0.2) is 0 Å². The molecule has 6 heteroatoms. The van der Waals surface area contributed by atoms with Crippen molar-refractivity contribution in [3.63, 3.8) is 0 Å². The zero-order valence-electron chi connectivity index (χ0n) is 33.7. The zero-order chi connectivity index (χ0) is 40.5. The summed E-state index contributed by atoms with van der Waals surface area (Å²) >= 11 is 0. The fourth-order valence-corrected chi connectivity index (χ4v) is 7.76. The third-order valence-electron chi connectivity index (χ3n) is 10.7. The van der Waals surface area contributed by atoms with Gasteiger partial charge in [-0.2, -0.15) is 0 Å². The van der Waals surface area contributed by atoms with Crippen LogP contribution in [-0.2, 0) is 20.1 Å². The van der Waals surface area contributed by atoms with Crippen LogP contribution in [0.3, 0.4) is 0 Å². The van der Waals surface area contributed by atoms with E-state index in [0.717, 1.165) is 66.5 Å². The number of furan rings is 1. The Morgan fingerprint density at radius 3 is 1.93 bits per heavy atom. The van der Waals surface area contributed by atoms with E-state index >= 15 is 0 Å². The van der Waals surface area contributed by atoms with Gasteiger partial charge >= 0.3 is 0 Å². The summed E-state index contributed by atoms with van der Waals surface area (Å²) in [6.45, 7) is 9.07. The Morgan fingerprint density at radius 1 is 0.583 bits per heavy atom. The minimum Gasteiger partial charge on any atom is -0.500 e. The molecule has 0 saturated heterocycles. The Balaban J connectivity index is 0.000000304. The number of oxazole rings is 1. The number of fused-ring (bicyclic) bond motifs is 4. The molecule has 3 aromatic heterocycles. The number of pyridine rings is 1. The van der Waals surface area contributed by atoms with Crippen LogP contribution in [0.15, 0.2) is 173 Å². The van der Waals surface area contributed by atoms with Crippen molar-refractivity contribution >= 4 is 33.0 Å². The van der Waals surface area contributed by atoms with Gasteiger partial charge in [-0.15, -0.1) is 48.0 Å². The average molecular weight is 961 g/mol. The Kier molecular flexibility index (Phi) is 11.7. The molecule has 0 atom stereocenters. The van der Waals surface area contributed by atoms with Crippen LogP contribution in [0.2, 0.25) is 0 Å². The van der Waals surface area contributed by atoms with Gasteiger partial charge in [0.2, 0.25) is 0 Å². The van der Waals surface area contributed by atoms with Crippen LogP contribution in [0, 0.1) is 17.9 Å². The van der Waals surface area contributed by atoms with E-state index in [-0.39, 0.29) is 25.9 Å². The van der Waals surface area contributed by atoms with E-state index in [4.69, 9.17) is 13.8 Å². The standard InChI is InChI=1S/C43H34NO2.C11H7FN.Ir/c1-26(2)36-23-31(29-15-9-6-10-16-29)24-37(27(3)4)40(36)34-18-12-20-38-42(34)46-43(44-38)35-19-11-17-33-32-22-21-30(25-39(32)45-41(33)35)28-13-7-5-8-14-28;12-10-6-4-9(5-7-10)11-3-1-2-8-13-11;/h5-18,20-27H,1-4H3;1-4,6-8H;/q2*-1;. The first-order valence-electron chi connectivity index (χ1n) is 20.0. The van der Waals surface area contributed by atoms with Crippen molar-refractivity contribution in [2.45, 2.75) is 39.5 Å². The Labute approximate surface area is 363 Å². The van der Waals surface area contributed by atoms with Crippen LogP contribution >= 0.6 is 0 Å². The van der Waals surface area contributed by atoms with Crippen molar-refractivity contribution in [3.8, 4) is 56.1 Å². The summed E-state index contributed by atoms with van der Waals surface area (Å²) in [5.41, 5.74) is 15.1. The molecule has 10 aromatic rings. The number of hydrogen-bond acceptors (Lipinski definition) is 4. The van der Waals surface area contributed by atoms with Gasteiger partial charge in [0.05, 0.1) is 11.1 Å². The van der Waals surface area contributed by atoms with Crippen molar-refractivity contribution in [3.05, 3.63) is 193 Å². The van der Waals surface area contributed by atoms with Crippen molar-refractivity contribution in [1.82, 2.24) is 9.97 Å². The van der Waals surface area contributed by atoms with Crippen LogP contribution in [0.5, 0.6) is 0 Å². The van der Waals surface area contributed by atoms with Gasteiger partial charge in [0.15, 0.2) is 0 Å². The van der Waals surface area contributed by atoms with Gasteiger partial charge < -0.3 is 13.8 Å². The maximum atomic E-state index is 12.6. The first kappa shape index (κ1) is 40.3. The number of nitrogens with zero attached hydrogens (tertiary/aromatic N) is 2. The SMILES string of the molecule is CC(C)c1cc(-c2ccccc2)cc(C(C)C)c1-c1cccc2nc(-c3[c-]ccc4c3oc3cc(-c5ccccc5)ccc34)oc12.Fc1c[c-]c(-c2ccccn2)cc1.[Ir]. The second-order valence-electron chi connectivity index (χ2n) is 15.3. The monoisotopic (exact) mass is 961 g/mol. The van der Waals surface area contributed by atoms with Crippen molar-refractivity contribution in [2.75, 3.05) is 0 Å². The van der Waals surface area contributed by atoms with Crippen LogP contribution < -0.4 is 0 Å². The molecule has 0 fully saturated rings. The van der Waals surface area contributed by atoms with Gasteiger partial charge in [0.25, 0.3) is 0 Å². The van der Waals surface area contributed by atoms with E-state index in [9.17, 15) is 4.39 Å². The van der Waals surface area contributed by atoms with Gasteiger partial charge in [-0.05, 0) is 80.2 Å². The van der Waals surface area contributed by atoms with Gasteiger partial charge in [0.1, 0.15) is 17.1 Å². The molecule has 0 aliphatic rings. The molecule has 0 aliphatic heterocycles. The van der Waals surface area contributed by atoms with E-state index in [1.807, 2.05) is 36.4 Å². The molecule has 0 amide bonds. The normalized spacial score (nSPS) is 11.2.